The Bertz CT molecular complexity index is 877. The number of ether oxygens (including phenoxy) is 1. The Hall–Kier alpha value is -1.74. The molecule has 2 unspecified atom stereocenters. The van der Waals surface area contributed by atoms with Crippen LogP contribution in [0.2, 0.25) is 5.02 Å². The minimum Gasteiger partial charge on any atom is -0.470 e. The van der Waals surface area contributed by atoms with Gasteiger partial charge >= 0.3 is 0 Å². The molecule has 0 radical (unpaired) electrons. The van der Waals surface area contributed by atoms with Crippen molar-refractivity contribution in [3.05, 3.63) is 47.4 Å². The third-order valence-electron chi connectivity index (χ3n) is 4.19. The molecule has 4 rings (SSSR count). The summed E-state index contributed by atoms with van der Waals surface area (Å²) in [7, 11) is -3.64. The lowest BCUT2D eigenvalue weighted by molar-refractivity contribution is 0.176. The van der Waals surface area contributed by atoms with Crippen LogP contribution in [0.3, 0.4) is 0 Å². The second kappa shape index (κ2) is 5.96. The molecule has 126 valence electrons. The Labute approximate surface area is 144 Å². The number of nitrogens with zero attached hydrogens (tertiary/aromatic N) is 3. The van der Waals surface area contributed by atoms with Gasteiger partial charge in [0.25, 0.3) is 0 Å². The molecule has 0 bridgehead atoms. The molecule has 7 nitrogen and oxygen atoms in total. The number of likely N-dealkylation sites (tertiary alicyclic amines) is 1. The van der Waals surface area contributed by atoms with Crippen molar-refractivity contribution in [1.82, 2.24) is 19.6 Å². The highest BCUT2D eigenvalue weighted by Gasteiger charge is 2.41. The fourth-order valence-electron chi connectivity index (χ4n) is 3.06. The van der Waals surface area contributed by atoms with Crippen molar-refractivity contribution < 1.29 is 13.2 Å². The van der Waals surface area contributed by atoms with Crippen LogP contribution in [-0.4, -0.2) is 48.5 Å². The van der Waals surface area contributed by atoms with Gasteiger partial charge in [0, 0.05) is 38.2 Å². The zero-order valence-corrected chi connectivity index (χ0v) is 14.2. The van der Waals surface area contributed by atoms with Gasteiger partial charge in [0.15, 0.2) is 0 Å². The van der Waals surface area contributed by atoms with E-state index in [1.807, 2.05) is 6.07 Å². The van der Waals surface area contributed by atoms with Gasteiger partial charge in [0.2, 0.25) is 15.9 Å². The van der Waals surface area contributed by atoms with Gasteiger partial charge in [0.05, 0.1) is 11.1 Å². The summed E-state index contributed by atoms with van der Waals surface area (Å²) in [5, 5.41) is 0.595. The lowest BCUT2D eigenvalue weighted by Crippen LogP contribution is -2.42. The van der Waals surface area contributed by atoms with Crippen LogP contribution in [0.5, 0.6) is 5.88 Å². The SMILES string of the molecule is O=S1(=O)NC2CN(Cc3ccncc3Cl)CC2Oc2ncccc21. The summed E-state index contributed by atoms with van der Waals surface area (Å²) in [6, 6.07) is 4.61. The number of sulfonamides is 1. The van der Waals surface area contributed by atoms with Crippen LogP contribution < -0.4 is 9.46 Å². The predicted molar refractivity (Wildman–Crippen MR) is 87.3 cm³/mol. The molecule has 0 spiro atoms. The number of pyridine rings is 2. The summed E-state index contributed by atoms with van der Waals surface area (Å²) in [5.74, 6) is 0.154. The minimum atomic E-state index is -3.64. The van der Waals surface area contributed by atoms with Crippen molar-refractivity contribution in [2.75, 3.05) is 13.1 Å². The van der Waals surface area contributed by atoms with Gasteiger partial charge in [0.1, 0.15) is 11.0 Å². The largest absolute Gasteiger partial charge is 0.470 e. The van der Waals surface area contributed by atoms with E-state index in [-0.39, 0.29) is 22.9 Å². The zero-order valence-electron chi connectivity index (χ0n) is 12.6. The van der Waals surface area contributed by atoms with Gasteiger partial charge in [-0.1, -0.05) is 11.6 Å². The van der Waals surface area contributed by atoms with Crippen LogP contribution in [0.4, 0.5) is 0 Å². The van der Waals surface area contributed by atoms with Crippen molar-refractivity contribution in [2.45, 2.75) is 23.6 Å². The fraction of sp³-hybridized carbons (Fsp3) is 0.333. The van der Waals surface area contributed by atoms with E-state index in [1.54, 1.807) is 18.5 Å². The van der Waals surface area contributed by atoms with E-state index in [4.69, 9.17) is 16.3 Å². The molecule has 2 aliphatic rings. The van der Waals surface area contributed by atoms with E-state index in [9.17, 15) is 8.42 Å². The molecule has 24 heavy (non-hydrogen) atoms. The summed E-state index contributed by atoms with van der Waals surface area (Å²) in [4.78, 5) is 10.2. The molecule has 2 aliphatic heterocycles. The Kier molecular flexibility index (Phi) is 3.92. The number of halogens is 1. The third-order valence-corrected chi connectivity index (χ3v) is 6.03. The number of fused-ring (bicyclic) bond motifs is 2. The highest BCUT2D eigenvalue weighted by Crippen LogP contribution is 2.29. The van der Waals surface area contributed by atoms with E-state index >= 15 is 0 Å². The molecule has 0 amide bonds. The van der Waals surface area contributed by atoms with Crippen LogP contribution in [-0.2, 0) is 16.6 Å². The van der Waals surface area contributed by atoms with Crippen molar-refractivity contribution in [1.29, 1.82) is 0 Å². The van der Waals surface area contributed by atoms with Gasteiger partial charge < -0.3 is 4.74 Å². The number of hydrogen-bond acceptors (Lipinski definition) is 6. The summed E-state index contributed by atoms with van der Waals surface area (Å²) in [6.07, 6.45) is 4.52. The number of aromatic nitrogens is 2. The maximum Gasteiger partial charge on any atom is 0.246 e. The van der Waals surface area contributed by atoms with Crippen molar-refractivity contribution in [3.8, 4) is 5.88 Å². The Morgan fingerprint density at radius 3 is 3.04 bits per heavy atom. The lowest BCUT2D eigenvalue weighted by Gasteiger charge is -2.17. The summed E-state index contributed by atoms with van der Waals surface area (Å²) >= 11 is 6.15. The normalized spacial score (nSPS) is 25.4. The molecule has 4 heterocycles. The number of hydrogen-bond donors (Lipinski definition) is 1. The lowest BCUT2D eigenvalue weighted by atomic mass is 10.2. The van der Waals surface area contributed by atoms with Crippen LogP contribution in [0.15, 0.2) is 41.7 Å². The molecule has 0 aliphatic carbocycles. The molecular weight excluding hydrogens is 352 g/mol. The smallest absolute Gasteiger partial charge is 0.246 e. The second-order valence-electron chi connectivity index (χ2n) is 5.85. The molecular formula is C15H15ClN4O3S. The van der Waals surface area contributed by atoms with Gasteiger partial charge in [-0.05, 0) is 23.8 Å². The maximum absolute atomic E-state index is 12.5. The molecule has 2 aromatic rings. The topological polar surface area (TPSA) is 84.4 Å². The van der Waals surface area contributed by atoms with Gasteiger partial charge in [-0.2, -0.15) is 0 Å². The van der Waals surface area contributed by atoms with Crippen LogP contribution >= 0.6 is 11.6 Å². The second-order valence-corrected chi connectivity index (χ2v) is 7.94. The molecule has 2 aromatic heterocycles. The van der Waals surface area contributed by atoms with Crippen LogP contribution in [0, 0.1) is 0 Å². The number of nitrogens with one attached hydrogen (secondary N) is 1. The van der Waals surface area contributed by atoms with E-state index in [1.165, 1.54) is 12.3 Å². The maximum atomic E-state index is 12.5. The molecule has 0 saturated carbocycles. The van der Waals surface area contributed by atoms with Crippen molar-refractivity contribution in [2.24, 2.45) is 0 Å². The van der Waals surface area contributed by atoms with Crippen LogP contribution in [0.1, 0.15) is 5.56 Å². The molecule has 0 aromatic carbocycles. The summed E-state index contributed by atoms with van der Waals surface area (Å²) in [5.41, 5.74) is 0.949. The average Bonchev–Trinajstić information content (AvgIpc) is 2.86. The molecule has 9 heteroatoms. The van der Waals surface area contributed by atoms with E-state index in [0.29, 0.717) is 24.7 Å². The third kappa shape index (κ3) is 2.86. The minimum absolute atomic E-state index is 0.0862. The zero-order chi connectivity index (χ0) is 16.7. The summed E-state index contributed by atoms with van der Waals surface area (Å²) in [6.45, 7) is 1.73. The quantitative estimate of drug-likeness (QED) is 0.855. The molecule has 1 saturated heterocycles. The van der Waals surface area contributed by atoms with E-state index in [0.717, 1.165) is 5.56 Å². The molecule has 2 atom stereocenters. The van der Waals surface area contributed by atoms with Gasteiger partial charge in [-0.3, -0.25) is 9.88 Å². The first-order chi connectivity index (χ1) is 11.5. The first-order valence-electron chi connectivity index (χ1n) is 7.48. The summed E-state index contributed by atoms with van der Waals surface area (Å²) < 4.78 is 33.6. The Morgan fingerprint density at radius 2 is 2.21 bits per heavy atom. The van der Waals surface area contributed by atoms with Gasteiger partial charge in [-0.25, -0.2) is 18.1 Å². The first kappa shape index (κ1) is 15.8. The molecule has 1 N–H and O–H groups in total. The Morgan fingerprint density at radius 1 is 1.33 bits per heavy atom. The highest BCUT2D eigenvalue weighted by molar-refractivity contribution is 7.89. The average molecular weight is 367 g/mol. The Balaban J connectivity index is 1.57. The first-order valence-corrected chi connectivity index (χ1v) is 9.34. The van der Waals surface area contributed by atoms with E-state index in [2.05, 4.69) is 19.6 Å². The van der Waals surface area contributed by atoms with Crippen LogP contribution in [0.25, 0.3) is 0 Å². The van der Waals surface area contributed by atoms with Gasteiger partial charge in [-0.15, -0.1) is 0 Å². The highest BCUT2D eigenvalue weighted by atomic mass is 35.5. The molecule has 1 fully saturated rings. The predicted octanol–water partition coefficient (Wildman–Crippen LogP) is 1.05. The monoisotopic (exact) mass is 366 g/mol. The standard InChI is InChI=1S/C15H15ClN4O3S/c16-11-6-17-5-3-10(11)7-20-8-12-13(9-20)23-15-14(2-1-4-18-15)24(21,22)19-12/h1-6,12-13,19H,7-9H2. The van der Waals surface area contributed by atoms with Crippen molar-refractivity contribution >= 4 is 21.6 Å². The number of rotatable bonds is 2. The fourth-order valence-corrected chi connectivity index (χ4v) is 4.58. The van der Waals surface area contributed by atoms with E-state index < -0.39 is 10.0 Å². The van der Waals surface area contributed by atoms with Crippen molar-refractivity contribution in [3.63, 3.8) is 0 Å².